The average Bonchev–Trinajstić information content (AvgIpc) is 2.33. The fraction of sp³-hybridized carbons (Fsp3) is 0.417. The van der Waals surface area contributed by atoms with Crippen molar-refractivity contribution in [2.24, 2.45) is 5.73 Å². The van der Waals surface area contributed by atoms with Gasteiger partial charge in [0.25, 0.3) is 0 Å². The molecule has 106 valence electrons. The normalized spacial score (nSPS) is 11.4. The number of benzene rings is 1. The Bertz CT molecular complexity index is 420. The quantitative estimate of drug-likeness (QED) is 0.645. The summed E-state index contributed by atoms with van der Waals surface area (Å²) in [6.45, 7) is -0.850. The molecule has 0 aromatic heterocycles. The number of hydrogen-bond donors (Lipinski definition) is 1. The van der Waals surface area contributed by atoms with E-state index in [1.807, 2.05) is 0 Å². The molecule has 1 aromatic rings. The van der Waals surface area contributed by atoms with Gasteiger partial charge in [-0.05, 0) is 24.3 Å². The number of nitrogens with zero attached hydrogens (tertiary/aromatic N) is 1. The van der Waals surface area contributed by atoms with Crippen LogP contribution < -0.4 is 10.6 Å². The van der Waals surface area contributed by atoms with Crippen LogP contribution in [0.15, 0.2) is 24.3 Å². The van der Waals surface area contributed by atoms with Gasteiger partial charge in [-0.25, -0.2) is 0 Å². The van der Waals surface area contributed by atoms with Gasteiger partial charge in [-0.3, -0.25) is 0 Å². The topological polar surface area (TPSA) is 38.5 Å². The molecule has 0 amide bonds. The predicted molar refractivity (Wildman–Crippen MR) is 72.5 cm³/mol. The Labute approximate surface area is 115 Å². The molecule has 0 unspecified atom stereocenters. The number of halogens is 3. The molecule has 0 saturated heterocycles. The van der Waals surface area contributed by atoms with Crippen LogP contribution in [0.1, 0.15) is 5.56 Å². The molecule has 0 radical (unpaired) electrons. The number of likely N-dealkylation sites (N-methyl/N-ethyl adjacent to an activating group) is 1. The molecule has 2 N–H and O–H groups in total. The highest BCUT2D eigenvalue weighted by Gasteiger charge is 2.27. The minimum atomic E-state index is -4.28. The lowest BCUT2D eigenvalue weighted by atomic mass is 10.2. The Hall–Kier alpha value is -1.34. The van der Waals surface area contributed by atoms with Gasteiger partial charge in [0.1, 0.15) is 11.6 Å². The standard InChI is InChI=1S/C12H15F3N2OS/c1-17(6-7-18-8-12(13,14)15)10-4-2-9(3-5-10)11(16)19/h2-5H,6-8H2,1H3,(H2,16,19). The Kier molecular flexibility index (Phi) is 5.56. The maximum Gasteiger partial charge on any atom is 0.411 e. The zero-order valence-corrected chi connectivity index (χ0v) is 11.2. The van der Waals surface area contributed by atoms with E-state index in [-0.39, 0.29) is 6.61 Å². The fourth-order valence-corrected chi connectivity index (χ4v) is 1.53. The van der Waals surface area contributed by atoms with Crippen LogP contribution in [-0.2, 0) is 4.74 Å². The summed E-state index contributed by atoms with van der Waals surface area (Å²) in [5.74, 6) is 0. The summed E-state index contributed by atoms with van der Waals surface area (Å²) in [6.07, 6.45) is -4.28. The third kappa shape index (κ3) is 5.89. The van der Waals surface area contributed by atoms with Gasteiger partial charge in [-0.1, -0.05) is 12.2 Å². The third-order valence-corrected chi connectivity index (χ3v) is 2.67. The molecule has 0 heterocycles. The molecule has 7 heteroatoms. The van der Waals surface area contributed by atoms with Crippen molar-refractivity contribution in [2.45, 2.75) is 6.18 Å². The lowest BCUT2D eigenvalue weighted by molar-refractivity contribution is -0.173. The molecule has 19 heavy (non-hydrogen) atoms. The first kappa shape index (κ1) is 15.7. The van der Waals surface area contributed by atoms with Crippen LogP contribution >= 0.6 is 12.2 Å². The van der Waals surface area contributed by atoms with Crippen molar-refractivity contribution >= 4 is 22.9 Å². The summed E-state index contributed by atoms with van der Waals surface area (Å²) >= 11 is 4.83. The first-order chi connectivity index (χ1) is 8.79. The summed E-state index contributed by atoms with van der Waals surface area (Å²) in [5.41, 5.74) is 7.08. The summed E-state index contributed by atoms with van der Waals surface area (Å²) in [4.78, 5) is 2.10. The van der Waals surface area contributed by atoms with Gasteiger partial charge in [0.05, 0.1) is 6.61 Å². The predicted octanol–water partition coefficient (Wildman–Crippen LogP) is 2.34. The van der Waals surface area contributed by atoms with Gasteiger partial charge in [0.2, 0.25) is 0 Å². The number of rotatable bonds is 6. The summed E-state index contributed by atoms with van der Waals surface area (Å²) in [7, 11) is 1.77. The molecule has 0 aliphatic carbocycles. The zero-order valence-electron chi connectivity index (χ0n) is 10.4. The van der Waals surface area contributed by atoms with E-state index < -0.39 is 12.8 Å². The molecule has 3 nitrogen and oxygen atoms in total. The molecule has 0 atom stereocenters. The number of nitrogens with two attached hydrogens (primary N) is 1. The largest absolute Gasteiger partial charge is 0.411 e. The molecular weight excluding hydrogens is 277 g/mol. The molecule has 0 spiro atoms. The van der Waals surface area contributed by atoms with Gasteiger partial charge in [0.15, 0.2) is 0 Å². The van der Waals surface area contributed by atoms with Crippen molar-refractivity contribution in [3.8, 4) is 0 Å². The van der Waals surface area contributed by atoms with Gasteiger partial charge >= 0.3 is 6.18 Å². The van der Waals surface area contributed by atoms with E-state index in [4.69, 9.17) is 18.0 Å². The van der Waals surface area contributed by atoms with Crippen molar-refractivity contribution in [1.29, 1.82) is 0 Å². The third-order valence-electron chi connectivity index (χ3n) is 2.43. The SMILES string of the molecule is CN(CCOCC(F)(F)F)c1ccc(C(N)=S)cc1. The van der Waals surface area contributed by atoms with Crippen LogP contribution in [0.4, 0.5) is 18.9 Å². The molecule has 0 saturated carbocycles. The molecule has 0 fully saturated rings. The van der Waals surface area contributed by atoms with Crippen molar-refractivity contribution in [1.82, 2.24) is 0 Å². The Balaban J connectivity index is 2.41. The van der Waals surface area contributed by atoms with Crippen LogP contribution in [0.5, 0.6) is 0 Å². The van der Waals surface area contributed by atoms with Crippen molar-refractivity contribution in [2.75, 3.05) is 31.7 Å². The second kappa shape index (κ2) is 6.72. The van der Waals surface area contributed by atoms with E-state index >= 15 is 0 Å². The van der Waals surface area contributed by atoms with Crippen molar-refractivity contribution in [3.05, 3.63) is 29.8 Å². The van der Waals surface area contributed by atoms with Crippen molar-refractivity contribution < 1.29 is 17.9 Å². The highest BCUT2D eigenvalue weighted by Crippen LogP contribution is 2.15. The fourth-order valence-electron chi connectivity index (χ4n) is 1.40. The Morgan fingerprint density at radius 3 is 2.37 bits per heavy atom. The minimum Gasteiger partial charge on any atom is -0.389 e. The van der Waals surface area contributed by atoms with E-state index in [0.29, 0.717) is 11.5 Å². The minimum absolute atomic E-state index is 0.00701. The van der Waals surface area contributed by atoms with Gasteiger partial charge in [-0.2, -0.15) is 13.2 Å². The molecule has 0 bridgehead atoms. The lowest BCUT2D eigenvalue weighted by Crippen LogP contribution is -2.25. The van der Waals surface area contributed by atoms with E-state index in [2.05, 4.69) is 4.74 Å². The molecule has 0 aliphatic rings. The molecular formula is C12H15F3N2OS. The van der Waals surface area contributed by atoms with E-state index in [1.165, 1.54) is 0 Å². The second-order valence-corrected chi connectivity index (χ2v) is 4.44. The van der Waals surface area contributed by atoms with E-state index in [1.54, 1.807) is 36.2 Å². The number of ether oxygens (including phenoxy) is 1. The van der Waals surface area contributed by atoms with Crippen molar-refractivity contribution in [3.63, 3.8) is 0 Å². The molecule has 1 rings (SSSR count). The highest BCUT2D eigenvalue weighted by atomic mass is 32.1. The maximum absolute atomic E-state index is 11.9. The Morgan fingerprint density at radius 2 is 1.89 bits per heavy atom. The van der Waals surface area contributed by atoms with E-state index in [0.717, 1.165) is 11.3 Å². The van der Waals surface area contributed by atoms with Crippen LogP contribution in [-0.4, -0.2) is 38.0 Å². The van der Waals surface area contributed by atoms with E-state index in [9.17, 15) is 13.2 Å². The summed E-state index contributed by atoms with van der Waals surface area (Å²) < 4.78 is 40.1. The maximum atomic E-state index is 11.9. The number of anilines is 1. The number of hydrogen-bond acceptors (Lipinski definition) is 3. The number of thiocarbonyl (C=S) groups is 1. The van der Waals surface area contributed by atoms with Gasteiger partial charge in [0, 0.05) is 24.8 Å². The summed E-state index contributed by atoms with van der Waals surface area (Å²) in [6, 6.07) is 7.14. The van der Waals surface area contributed by atoms with Gasteiger partial charge < -0.3 is 15.4 Å². The first-order valence-electron chi connectivity index (χ1n) is 5.55. The second-order valence-electron chi connectivity index (χ2n) is 4.00. The zero-order chi connectivity index (χ0) is 14.5. The van der Waals surface area contributed by atoms with Gasteiger partial charge in [-0.15, -0.1) is 0 Å². The number of alkyl halides is 3. The molecule has 1 aromatic carbocycles. The highest BCUT2D eigenvalue weighted by molar-refractivity contribution is 7.80. The lowest BCUT2D eigenvalue weighted by Gasteiger charge is -2.19. The smallest absolute Gasteiger partial charge is 0.389 e. The van der Waals surface area contributed by atoms with Crippen LogP contribution in [0.25, 0.3) is 0 Å². The average molecular weight is 292 g/mol. The summed E-state index contributed by atoms with van der Waals surface area (Å²) in [5, 5.41) is 0. The molecule has 0 aliphatic heterocycles. The van der Waals surface area contributed by atoms with Crippen LogP contribution in [0.2, 0.25) is 0 Å². The van der Waals surface area contributed by atoms with Crippen LogP contribution in [0, 0.1) is 0 Å². The first-order valence-corrected chi connectivity index (χ1v) is 5.96. The monoisotopic (exact) mass is 292 g/mol. The van der Waals surface area contributed by atoms with Crippen LogP contribution in [0.3, 0.4) is 0 Å². The Morgan fingerprint density at radius 1 is 1.32 bits per heavy atom.